The number of oxime groups is 1. The molecule has 0 aromatic heterocycles. The van der Waals surface area contributed by atoms with Crippen LogP contribution in [0, 0.1) is 13.8 Å². The number of hydrogen-bond acceptors (Lipinski definition) is 9. The van der Waals surface area contributed by atoms with Gasteiger partial charge in [-0.15, -0.1) is 0 Å². The minimum absolute atomic E-state index is 0.0203. The summed E-state index contributed by atoms with van der Waals surface area (Å²) in [5.74, 6) is -0.778. The van der Waals surface area contributed by atoms with Crippen molar-refractivity contribution in [3.63, 3.8) is 0 Å². The van der Waals surface area contributed by atoms with Crippen molar-refractivity contribution in [3.05, 3.63) is 70.8 Å². The summed E-state index contributed by atoms with van der Waals surface area (Å²) in [7, 11) is 1.45. The highest BCUT2D eigenvalue weighted by atomic mass is 16.6. The number of esters is 2. The van der Waals surface area contributed by atoms with Gasteiger partial charge in [0.1, 0.15) is 20.3 Å². The van der Waals surface area contributed by atoms with E-state index in [0.717, 1.165) is 17.5 Å². The average Bonchev–Trinajstić information content (AvgIpc) is 3.30. The number of aliphatic hydroxyl groups is 2. The van der Waals surface area contributed by atoms with E-state index >= 15 is 0 Å². The van der Waals surface area contributed by atoms with E-state index < -0.39 is 18.4 Å². The smallest absolute Gasteiger partial charge is 0.338 e. The van der Waals surface area contributed by atoms with E-state index in [1.165, 1.54) is 7.11 Å². The predicted octanol–water partition coefficient (Wildman–Crippen LogP) is 3.57. The molecular formula is C27H35NO8. The first-order valence-electron chi connectivity index (χ1n) is 11.8. The van der Waals surface area contributed by atoms with Crippen LogP contribution in [0.15, 0.2) is 53.7 Å². The predicted molar refractivity (Wildman–Crippen MR) is 134 cm³/mol. The molecule has 1 unspecified atom stereocenters. The van der Waals surface area contributed by atoms with Gasteiger partial charge in [-0.3, -0.25) is 0 Å². The Labute approximate surface area is 211 Å². The third-order valence-corrected chi connectivity index (χ3v) is 5.28. The molecule has 196 valence electrons. The van der Waals surface area contributed by atoms with E-state index in [-0.39, 0.29) is 25.3 Å². The molecule has 1 heterocycles. The van der Waals surface area contributed by atoms with Gasteiger partial charge in [0.25, 0.3) is 0 Å². The number of ether oxygens (including phenoxy) is 3. The molecule has 2 N–H and O–H groups in total. The number of hydrogen-bond donors (Lipinski definition) is 2. The van der Waals surface area contributed by atoms with Crippen LogP contribution in [-0.4, -0.2) is 67.2 Å². The van der Waals surface area contributed by atoms with Gasteiger partial charge < -0.3 is 29.3 Å². The second kappa shape index (κ2) is 15.7. The van der Waals surface area contributed by atoms with Gasteiger partial charge in [-0.1, -0.05) is 40.5 Å². The first kappa shape index (κ1) is 29.0. The normalized spacial score (nSPS) is 17.7. The van der Waals surface area contributed by atoms with Crippen molar-refractivity contribution in [3.8, 4) is 0 Å². The minimum atomic E-state index is -0.710. The molecule has 9 heteroatoms. The molecule has 0 radical (unpaired) electrons. The molecule has 2 aromatic carbocycles. The monoisotopic (exact) mass is 501 g/mol. The minimum Gasteiger partial charge on any atom is -0.459 e. The molecule has 0 aliphatic carbocycles. The van der Waals surface area contributed by atoms with Crippen molar-refractivity contribution < 1.29 is 38.9 Å². The molecule has 0 amide bonds. The van der Waals surface area contributed by atoms with Gasteiger partial charge in [0.15, 0.2) is 6.29 Å². The molecule has 0 saturated carbocycles. The highest BCUT2D eigenvalue weighted by Crippen LogP contribution is 2.18. The maximum atomic E-state index is 11.7. The van der Waals surface area contributed by atoms with E-state index in [0.29, 0.717) is 30.4 Å². The van der Waals surface area contributed by atoms with Gasteiger partial charge in [0.05, 0.1) is 23.3 Å². The largest absolute Gasteiger partial charge is 0.459 e. The second-order valence-electron chi connectivity index (χ2n) is 8.42. The maximum Gasteiger partial charge on any atom is 0.338 e. The molecule has 36 heavy (non-hydrogen) atoms. The van der Waals surface area contributed by atoms with Gasteiger partial charge in [0.2, 0.25) is 0 Å². The van der Waals surface area contributed by atoms with Crippen molar-refractivity contribution in [2.45, 2.75) is 58.0 Å². The molecule has 1 saturated heterocycles. The van der Waals surface area contributed by atoms with E-state index in [1.54, 1.807) is 30.5 Å². The molecule has 3 rings (SSSR count). The lowest BCUT2D eigenvalue weighted by molar-refractivity contribution is -0.103. The lowest BCUT2D eigenvalue weighted by Crippen LogP contribution is -2.19. The summed E-state index contributed by atoms with van der Waals surface area (Å²) >= 11 is 0. The number of carbonyl (C=O) groups excluding carboxylic acids is 2. The molecule has 1 aliphatic rings. The summed E-state index contributed by atoms with van der Waals surface area (Å²) in [5.41, 5.74) is 3.20. The molecule has 3 atom stereocenters. The molecule has 0 bridgehead atoms. The van der Waals surface area contributed by atoms with Crippen molar-refractivity contribution in [2.75, 3.05) is 20.3 Å². The summed E-state index contributed by atoms with van der Waals surface area (Å²) in [5, 5.41) is 22.3. The SMILES string of the molecule is CON=CCC[C@H](O)COC(=O)c1ccc(C)cc1.Cc1ccc(C(=O)OC[C@@H]2CCC(O)O2)cc1. The summed E-state index contributed by atoms with van der Waals surface area (Å²) < 4.78 is 15.3. The molecule has 9 nitrogen and oxygen atoms in total. The van der Waals surface area contributed by atoms with Crippen LogP contribution >= 0.6 is 0 Å². The highest BCUT2D eigenvalue weighted by molar-refractivity contribution is 5.89. The highest BCUT2D eigenvalue weighted by Gasteiger charge is 2.24. The fourth-order valence-corrected chi connectivity index (χ4v) is 3.17. The number of aliphatic hydroxyl groups excluding tert-OH is 2. The molecule has 1 fully saturated rings. The van der Waals surface area contributed by atoms with Crippen LogP contribution in [0.3, 0.4) is 0 Å². The number of benzene rings is 2. The van der Waals surface area contributed by atoms with Crippen molar-refractivity contribution >= 4 is 18.2 Å². The molecule has 1 aliphatic heterocycles. The van der Waals surface area contributed by atoms with Crippen LogP contribution in [0.1, 0.15) is 57.5 Å². The Morgan fingerprint density at radius 2 is 1.56 bits per heavy atom. The van der Waals surface area contributed by atoms with Crippen molar-refractivity contribution in [1.82, 2.24) is 0 Å². The summed E-state index contributed by atoms with van der Waals surface area (Å²) in [6, 6.07) is 14.3. The Bertz CT molecular complexity index is 959. The van der Waals surface area contributed by atoms with Gasteiger partial charge >= 0.3 is 11.9 Å². The van der Waals surface area contributed by atoms with Crippen LogP contribution in [0.2, 0.25) is 0 Å². The number of carbonyl (C=O) groups is 2. The van der Waals surface area contributed by atoms with E-state index in [1.807, 2.05) is 38.1 Å². The zero-order chi connectivity index (χ0) is 26.3. The number of nitrogens with zero attached hydrogens (tertiary/aromatic N) is 1. The van der Waals surface area contributed by atoms with Crippen molar-refractivity contribution in [1.29, 1.82) is 0 Å². The average molecular weight is 502 g/mol. The van der Waals surface area contributed by atoms with E-state index in [4.69, 9.17) is 19.3 Å². The number of rotatable bonds is 10. The standard InChI is InChI=1S/C14H19NO4.C13H16O4/c1-11-5-7-12(8-6-11)14(17)19-10-13(16)4-3-9-15-18-2;1-9-2-4-10(5-3-9)13(15)16-8-11-6-7-12(14)17-11/h5-9,13,16H,3-4,10H2,1-2H3;2-5,11-12,14H,6-8H2,1H3/t13-;11-,12?/m00/s1. The van der Waals surface area contributed by atoms with Crippen LogP contribution in [0.4, 0.5) is 0 Å². The van der Waals surface area contributed by atoms with Gasteiger partial charge in [-0.2, -0.15) is 0 Å². The first-order chi connectivity index (χ1) is 17.3. The van der Waals surface area contributed by atoms with Crippen LogP contribution < -0.4 is 0 Å². The van der Waals surface area contributed by atoms with Crippen LogP contribution in [0.25, 0.3) is 0 Å². The van der Waals surface area contributed by atoms with E-state index in [9.17, 15) is 14.7 Å². The third-order valence-electron chi connectivity index (χ3n) is 5.28. The van der Waals surface area contributed by atoms with Gasteiger partial charge in [-0.25, -0.2) is 9.59 Å². The lowest BCUT2D eigenvalue weighted by Gasteiger charge is -2.11. The molecule has 2 aromatic rings. The summed E-state index contributed by atoms with van der Waals surface area (Å²) in [6.45, 7) is 4.08. The lowest BCUT2D eigenvalue weighted by atomic mass is 10.1. The summed E-state index contributed by atoms with van der Waals surface area (Å²) in [6.07, 6.45) is 2.33. The molecule has 0 spiro atoms. The Balaban J connectivity index is 0.000000255. The molecular weight excluding hydrogens is 466 g/mol. The summed E-state index contributed by atoms with van der Waals surface area (Å²) in [4.78, 5) is 27.8. The van der Waals surface area contributed by atoms with Gasteiger partial charge in [-0.05, 0) is 57.4 Å². The Hall–Kier alpha value is -3.27. The topological polar surface area (TPSA) is 124 Å². The quantitative estimate of drug-likeness (QED) is 0.288. The third kappa shape index (κ3) is 11.0. The fourth-order valence-electron chi connectivity index (χ4n) is 3.17. The van der Waals surface area contributed by atoms with Crippen LogP contribution in [-0.2, 0) is 19.0 Å². The Morgan fingerprint density at radius 1 is 1.00 bits per heavy atom. The fraction of sp³-hybridized carbons (Fsp3) is 0.444. The second-order valence-corrected chi connectivity index (χ2v) is 8.42. The zero-order valence-electron chi connectivity index (χ0n) is 21.0. The van der Waals surface area contributed by atoms with Crippen LogP contribution in [0.5, 0.6) is 0 Å². The van der Waals surface area contributed by atoms with Gasteiger partial charge in [0, 0.05) is 12.6 Å². The van der Waals surface area contributed by atoms with Crippen molar-refractivity contribution in [2.24, 2.45) is 5.16 Å². The maximum absolute atomic E-state index is 11.7. The zero-order valence-corrected chi connectivity index (χ0v) is 21.0. The number of aryl methyl sites for hydroxylation is 2. The first-order valence-corrected chi connectivity index (χ1v) is 11.8. The Morgan fingerprint density at radius 3 is 2.06 bits per heavy atom. The Kier molecular flexibility index (Phi) is 12.6. The van der Waals surface area contributed by atoms with E-state index in [2.05, 4.69) is 9.99 Å².